The number of hydrogen-bond donors (Lipinski definition) is 0. The third kappa shape index (κ3) is 2.05. The molecule has 0 aliphatic heterocycles. The van der Waals surface area contributed by atoms with E-state index in [1.54, 1.807) is 6.07 Å². The van der Waals surface area contributed by atoms with E-state index in [0.29, 0.717) is 12.0 Å². The average Bonchev–Trinajstić information content (AvgIpc) is 2.07. The van der Waals surface area contributed by atoms with Gasteiger partial charge in [-0.25, -0.2) is 4.39 Å². The smallest absolute Gasteiger partial charge is 0.293 e. The Morgan fingerprint density at radius 1 is 1.58 bits per heavy atom. The number of ether oxygens (including phenoxy) is 1. The molecule has 0 fully saturated rings. The first kappa shape index (κ1) is 8.71. The second-order valence-electron chi connectivity index (χ2n) is 2.48. The Balaban J connectivity index is 2.82. The number of halogens is 1. The van der Waals surface area contributed by atoms with Crippen LogP contribution in [0.25, 0.3) is 0 Å². The van der Waals surface area contributed by atoms with E-state index in [0.717, 1.165) is 5.56 Å². The Morgan fingerprint density at radius 3 is 3.00 bits per heavy atom. The van der Waals surface area contributed by atoms with E-state index in [1.807, 2.05) is 6.92 Å². The summed E-state index contributed by atoms with van der Waals surface area (Å²) < 4.78 is 17.1. The molecule has 64 valence electrons. The van der Waals surface area contributed by atoms with Crippen LogP contribution in [0.15, 0.2) is 18.2 Å². The van der Waals surface area contributed by atoms with Gasteiger partial charge in [0.25, 0.3) is 6.47 Å². The lowest BCUT2D eigenvalue weighted by Gasteiger charge is -2.03. The van der Waals surface area contributed by atoms with Crippen LogP contribution in [0.4, 0.5) is 4.39 Å². The lowest BCUT2D eigenvalue weighted by Crippen LogP contribution is -1.94. The molecule has 0 radical (unpaired) electrons. The summed E-state index contributed by atoms with van der Waals surface area (Å²) in [5.41, 5.74) is 1.61. The van der Waals surface area contributed by atoms with E-state index in [9.17, 15) is 9.18 Å². The molecule has 0 amide bonds. The minimum absolute atomic E-state index is 0.132. The van der Waals surface area contributed by atoms with Gasteiger partial charge in [-0.15, -0.1) is 0 Å². The zero-order valence-electron chi connectivity index (χ0n) is 6.71. The highest BCUT2D eigenvalue weighted by molar-refractivity contribution is 5.38. The predicted molar refractivity (Wildman–Crippen MR) is 42.0 cm³/mol. The highest BCUT2D eigenvalue weighted by Gasteiger charge is 1.99. The summed E-state index contributed by atoms with van der Waals surface area (Å²) in [7, 11) is 0. The fraction of sp³-hybridized carbons (Fsp3) is 0.222. The number of carbonyl (C=O) groups excluding carboxylic acids is 1. The molecular weight excluding hydrogens is 159 g/mol. The molecule has 0 N–H and O–H groups in total. The molecule has 1 rings (SSSR count). The van der Waals surface area contributed by atoms with Gasteiger partial charge in [0.15, 0.2) is 0 Å². The predicted octanol–water partition coefficient (Wildman–Crippen LogP) is 1.81. The molecule has 0 aliphatic carbocycles. The van der Waals surface area contributed by atoms with Crippen molar-refractivity contribution < 1.29 is 13.9 Å². The first-order chi connectivity index (χ1) is 5.74. The van der Waals surface area contributed by atoms with Gasteiger partial charge in [-0.05, 0) is 30.2 Å². The lowest BCUT2D eigenvalue weighted by atomic mass is 10.1. The van der Waals surface area contributed by atoms with Crippen LogP contribution in [-0.2, 0) is 16.1 Å². The third-order valence-corrected chi connectivity index (χ3v) is 1.62. The van der Waals surface area contributed by atoms with Crippen molar-refractivity contribution in [3.63, 3.8) is 0 Å². The van der Waals surface area contributed by atoms with Crippen molar-refractivity contribution in [2.75, 3.05) is 0 Å². The number of aryl methyl sites for hydroxylation is 1. The second-order valence-corrected chi connectivity index (χ2v) is 2.48. The Labute approximate surface area is 70.0 Å². The Bertz CT molecular complexity index is 284. The van der Waals surface area contributed by atoms with Crippen LogP contribution in [0.3, 0.4) is 0 Å². The van der Waals surface area contributed by atoms with Crippen LogP contribution in [0.5, 0.6) is 0 Å². The number of hydrogen-bond acceptors (Lipinski definition) is 2. The van der Waals surface area contributed by atoms with Crippen molar-refractivity contribution in [1.29, 1.82) is 0 Å². The first-order valence-electron chi connectivity index (χ1n) is 3.54. The highest BCUT2D eigenvalue weighted by atomic mass is 19.1. The SMILES string of the molecule is Cc1ccc(F)cc1COC=O. The molecule has 0 spiro atoms. The van der Waals surface area contributed by atoms with Crippen LogP contribution in [-0.4, -0.2) is 6.47 Å². The molecule has 2 nitrogen and oxygen atoms in total. The molecule has 0 bridgehead atoms. The summed E-state index contributed by atoms with van der Waals surface area (Å²) in [6.07, 6.45) is 0. The van der Waals surface area contributed by atoms with Crippen LogP contribution in [0.2, 0.25) is 0 Å². The van der Waals surface area contributed by atoms with Gasteiger partial charge in [-0.3, -0.25) is 4.79 Å². The van der Waals surface area contributed by atoms with E-state index in [4.69, 9.17) is 0 Å². The number of benzene rings is 1. The van der Waals surface area contributed by atoms with Gasteiger partial charge in [0.2, 0.25) is 0 Å². The average molecular weight is 168 g/mol. The quantitative estimate of drug-likeness (QED) is 0.643. The minimum Gasteiger partial charge on any atom is -0.463 e. The fourth-order valence-corrected chi connectivity index (χ4v) is 0.919. The monoisotopic (exact) mass is 168 g/mol. The zero-order valence-corrected chi connectivity index (χ0v) is 6.71. The summed E-state index contributed by atoms with van der Waals surface area (Å²) in [5.74, 6) is -0.315. The second kappa shape index (κ2) is 3.85. The Kier molecular flexibility index (Phi) is 2.80. The molecule has 0 heterocycles. The van der Waals surface area contributed by atoms with Gasteiger partial charge in [-0.2, -0.15) is 0 Å². The van der Waals surface area contributed by atoms with Gasteiger partial charge >= 0.3 is 0 Å². The number of carbonyl (C=O) groups is 1. The van der Waals surface area contributed by atoms with Crippen LogP contribution in [0, 0.1) is 12.7 Å². The summed E-state index contributed by atoms with van der Waals surface area (Å²) in [6.45, 7) is 2.32. The van der Waals surface area contributed by atoms with E-state index in [-0.39, 0.29) is 12.4 Å². The van der Waals surface area contributed by atoms with E-state index in [1.165, 1.54) is 12.1 Å². The highest BCUT2D eigenvalue weighted by Crippen LogP contribution is 2.10. The molecule has 0 saturated heterocycles. The Hall–Kier alpha value is -1.38. The zero-order chi connectivity index (χ0) is 8.97. The fourth-order valence-electron chi connectivity index (χ4n) is 0.919. The maximum Gasteiger partial charge on any atom is 0.293 e. The summed E-state index contributed by atoms with van der Waals surface area (Å²) >= 11 is 0. The molecule has 1 aromatic rings. The van der Waals surface area contributed by atoms with Gasteiger partial charge < -0.3 is 4.74 Å². The van der Waals surface area contributed by atoms with Crippen molar-refractivity contribution in [1.82, 2.24) is 0 Å². The standard InChI is InChI=1S/C9H9FO2/c1-7-2-3-9(10)4-8(7)5-12-6-11/h2-4,6H,5H2,1H3. The lowest BCUT2D eigenvalue weighted by molar-refractivity contribution is -0.129. The van der Waals surface area contributed by atoms with E-state index < -0.39 is 0 Å². The van der Waals surface area contributed by atoms with Crippen molar-refractivity contribution in [3.8, 4) is 0 Å². The Morgan fingerprint density at radius 2 is 2.33 bits per heavy atom. The summed E-state index contributed by atoms with van der Waals surface area (Å²) in [5, 5.41) is 0. The third-order valence-electron chi connectivity index (χ3n) is 1.62. The van der Waals surface area contributed by atoms with Gasteiger partial charge in [0.05, 0.1) is 0 Å². The molecule has 0 saturated carbocycles. The maximum atomic E-state index is 12.6. The molecular formula is C9H9FO2. The van der Waals surface area contributed by atoms with E-state index >= 15 is 0 Å². The minimum atomic E-state index is -0.315. The molecule has 0 unspecified atom stereocenters. The normalized spacial score (nSPS) is 9.50. The summed E-state index contributed by atoms with van der Waals surface area (Å²) in [4.78, 5) is 9.86. The van der Waals surface area contributed by atoms with Crippen molar-refractivity contribution in [2.24, 2.45) is 0 Å². The van der Waals surface area contributed by atoms with Crippen LogP contribution >= 0.6 is 0 Å². The summed E-state index contributed by atoms with van der Waals surface area (Å²) in [6, 6.07) is 4.39. The maximum absolute atomic E-state index is 12.6. The molecule has 0 aliphatic rings. The van der Waals surface area contributed by atoms with Crippen LogP contribution in [0.1, 0.15) is 11.1 Å². The van der Waals surface area contributed by atoms with E-state index in [2.05, 4.69) is 4.74 Å². The largest absolute Gasteiger partial charge is 0.463 e. The van der Waals surface area contributed by atoms with Crippen LogP contribution < -0.4 is 0 Å². The molecule has 3 heteroatoms. The first-order valence-corrected chi connectivity index (χ1v) is 3.54. The van der Waals surface area contributed by atoms with Gasteiger partial charge in [0.1, 0.15) is 12.4 Å². The van der Waals surface area contributed by atoms with Gasteiger partial charge in [-0.1, -0.05) is 6.07 Å². The van der Waals surface area contributed by atoms with Crippen molar-refractivity contribution in [2.45, 2.75) is 13.5 Å². The molecule has 0 atom stereocenters. The topological polar surface area (TPSA) is 26.3 Å². The molecule has 1 aromatic carbocycles. The molecule has 12 heavy (non-hydrogen) atoms. The van der Waals surface area contributed by atoms with Crippen molar-refractivity contribution in [3.05, 3.63) is 35.1 Å². The van der Waals surface area contributed by atoms with Gasteiger partial charge in [0, 0.05) is 0 Å². The molecule has 0 aromatic heterocycles. The van der Waals surface area contributed by atoms with Crippen molar-refractivity contribution >= 4 is 6.47 Å². The number of rotatable bonds is 3.